The normalized spacial score (nSPS) is 15.1. The molecule has 1 aliphatic rings. The second-order valence-electron chi connectivity index (χ2n) is 7.05. The number of nitrogens with zero attached hydrogens (tertiary/aromatic N) is 5. The molecule has 5 rings (SSSR count). The largest absolute Gasteiger partial charge is 0.487 e. The van der Waals surface area contributed by atoms with Crippen LogP contribution in [0.15, 0.2) is 30.9 Å². The number of nitriles is 1. The Balaban J connectivity index is 1.70. The number of aromatic nitrogens is 5. The van der Waals surface area contributed by atoms with Crippen molar-refractivity contribution in [1.82, 2.24) is 30.0 Å². The van der Waals surface area contributed by atoms with Gasteiger partial charge in [-0.05, 0) is 32.0 Å². The Bertz CT molecular complexity index is 1210. The molecule has 0 spiro atoms. The third kappa shape index (κ3) is 2.77. The molecule has 0 atom stereocenters. The average molecular weight is 373 g/mol. The Morgan fingerprint density at radius 2 is 2.04 bits per heavy atom. The Morgan fingerprint density at radius 1 is 1.18 bits per heavy atom. The highest BCUT2D eigenvalue weighted by atomic mass is 16.5. The van der Waals surface area contributed by atoms with Crippen molar-refractivity contribution in [2.75, 3.05) is 13.1 Å². The molecule has 1 aliphatic heterocycles. The minimum Gasteiger partial charge on any atom is -0.487 e. The number of hydrogen-bond acceptors (Lipinski definition) is 6. The Hall–Kier alpha value is -3.44. The molecule has 4 aromatic heterocycles. The molecule has 1 saturated heterocycles. The molecular weight excluding hydrogens is 354 g/mol. The number of pyridine rings is 2. The maximum atomic E-state index is 9.61. The zero-order valence-corrected chi connectivity index (χ0v) is 15.4. The van der Waals surface area contributed by atoms with E-state index in [4.69, 9.17) is 4.74 Å². The van der Waals surface area contributed by atoms with Crippen LogP contribution in [-0.2, 0) is 7.05 Å². The molecule has 0 aliphatic carbocycles. The Labute approximate surface area is 161 Å². The number of ether oxygens (including phenoxy) is 1. The van der Waals surface area contributed by atoms with Gasteiger partial charge in [-0.25, -0.2) is 9.97 Å². The van der Waals surface area contributed by atoms with Gasteiger partial charge in [0.2, 0.25) is 0 Å². The molecule has 0 saturated carbocycles. The van der Waals surface area contributed by atoms with E-state index < -0.39 is 0 Å². The van der Waals surface area contributed by atoms with Crippen LogP contribution < -0.4 is 10.1 Å². The Morgan fingerprint density at radius 3 is 2.79 bits per heavy atom. The lowest BCUT2D eigenvalue weighted by molar-refractivity contribution is 0.163. The van der Waals surface area contributed by atoms with Gasteiger partial charge in [0.15, 0.2) is 11.4 Å². The predicted molar refractivity (Wildman–Crippen MR) is 105 cm³/mol. The topological polar surface area (TPSA) is 104 Å². The highest BCUT2D eigenvalue weighted by molar-refractivity contribution is 6.10. The number of hydrogen-bond donors (Lipinski definition) is 2. The monoisotopic (exact) mass is 373 g/mol. The first-order valence-corrected chi connectivity index (χ1v) is 9.30. The number of fused-ring (bicyclic) bond motifs is 3. The van der Waals surface area contributed by atoms with Gasteiger partial charge in [0.25, 0.3) is 0 Å². The molecule has 0 bridgehead atoms. The molecule has 0 unspecified atom stereocenters. The Kier molecular flexibility index (Phi) is 3.95. The molecule has 28 heavy (non-hydrogen) atoms. The number of nitrogens with one attached hydrogen (secondary N) is 2. The summed E-state index contributed by atoms with van der Waals surface area (Å²) in [4.78, 5) is 12.2. The van der Waals surface area contributed by atoms with E-state index in [0.29, 0.717) is 11.4 Å². The van der Waals surface area contributed by atoms with Gasteiger partial charge in [-0.2, -0.15) is 10.4 Å². The molecule has 8 nitrogen and oxygen atoms in total. The first kappa shape index (κ1) is 16.7. The molecular formula is C20H19N7O. The predicted octanol–water partition coefficient (Wildman–Crippen LogP) is 2.51. The standard InChI is InChI=1S/C20H19N7O/c1-27-11-13(9-25-27)12-6-15-18-17(26-20(15)24-8-12)10-23-16(7-21)19(18)28-14-2-4-22-5-3-14/h6,8-11,14,22H,2-5H2,1H3,(H,24,26). The molecule has 0 radical (unpaired) electrons. The van der Waals surface area contributed by atoms with Crippen LogP contribution in [-0.4, -0.2) is 43.9 Å². The highest BCUT2D eigenvalue weighted by Gasteiger charge is 2.22. The zero-order chi connectivity index (χ0) is 19.1. The lowest BCUT2D eigenvalue weighted by atomic mass is 10.1. The van der Waals surface area contributed by atoms with Crippen LogP contribution in [0.4, 0.5) is 0 Å². The van der Waals surface area contributed by atoms with Crippen molar-refractivity contribution >= 4 is 21.9 Å². The third-order valence-electron chi connectivity index (χ3n) is 5.16. The van der Waals surface area contributed by atoms with E-state index in [1.165, 1.54) is 0 Å². The fourth-order valence-corrected chi connectivity index (χ4v) is 3.74. The lowest BCUT2D eigenvalue weighted by Gasteiger charge is -2.24. The molecule has 5 heterocycles. The molecule has 0 amide bonds. The minimum absolute atomic E-state index is 0.0696. The summed E-state index contributed by atoms with van der Waals surface area (Å²) in [7, 11) is 1.89. The minimum atomic E-state index is 0.0696. The van der Waals surface area contributed by atoms with Crippen LogP contribution in [0.5, 0.6) is 5.75 Å². The third-order valence-corrected chi connectivity index (χ3v) is 5.16. The number of H-pyrrole nitrogens is 1. The van der Waals surface area contributed by atoms with Gasteiger partial charge in [0.05, 0.1) is 23.3 Å². The van der Waals surface area contributed by atoms with Crippen LogP contribution in [0.3, 0.4) is 0 Å². The van der Waals surface area contributed by atoms with E-state index in [2.05, 4.69) is 37.5 Å². The quantitative estimate of drug-likeness (QED) is 0.572. The molecule has 140 valence electrons. The van der Waals surface area contributed by atoms with Crippen LogP contribution in [0.1, 0.15) is 18.5 Å². The maximum Gasteiger partial charge on any atom is 0.183 e. The van der Waals surface area contributed by atoms with Gasteiger partial charge in [0, 0.05) is 36.0 Å². The van der Waals surface area contributed by atoms with Crippen LogP contribution in [0.2, 0.25) is 0 Å². The lowest BCUT2D eigenvalue weighted by Crippen LogP contribution is -2.34. The summed E-state index contributed by atoms with van der Waals surface area (Å²) in [6.07, 6.45) is 9.14. The van der Waals surface area contributed by atoms with Crippen molar-refractivity contribution < 1.29 is 4.74 Å². The summed E-state index contributed by atoms with van der Waals surface area (Å²) >= 11 is 0. The van der Waals surface area contributed by atoms with E-state index in [9.17, 15) is 5.26 Å². The van der Waals surface area contributed by atoms with Gasteiger partial charge in [-0.1, -0.05) is 0 Å². The van der Waals surface area contributed by atoms with Gasteiger partial charge < -0.3 is 15.0 Å². The summed E-state index contributed by atoms with van der Waals surface area (Å²) < 4.78 is 8.08. The molecule has 1 fully saturated rings. The zero-order valence-electron chi connectivity index (χ0n) is 15.4. The molecule has 2 N–H and O–H groups in total. The van der Waals surface area contributed by atoms with Crippen molar-refractivity contribution in [3.05, 3.63) is 36.5 Å². The van der Waals surface area contributed by atoms with Gasteiger partial charge in [-0.3, -0.25) is 4.68 Å². The van der Waals surface area contributed by atoms with Crippen molar-refractivity contribution in [3.8, 4) is 22.9 Å². The number of piperidine rings is 1. The van der Waals surface area contributed by atoms with Gasteiger partial charge >= 0.3 is 0 Å². The van der Waals surface area contributed by atoms with Crippen molar-refractivity contribution in [2.24, 2.45) is 7.05 Å². The summed E-state index contributed by atoms with van der Waals surface area (Å²) in [5.74, 6) is 0.545. The fourth-order valence-electron chi connectivity index (χ4n) is 3.74. The van der Waals surface area contributed by atoms with Crippen molar-refractivity contribution in [2.45, 2.75) is 18.9 Å². The van der Waals surface area contributed by atoms with Crippen LogP contribution in [0, 0.1) is 11.3 Å². The van der Waals surface area contributed by atoms with E-state index >= 15 is 0 Å². The molecule has 4 aromatic rings. The van der Waals surface area contributed by atoms with Crippen molar-refractivity contribution in [3.63, 3.8) is 0 Å². The number of rotatable bonds is 3. The molecule has 8 heteroatoms. The number of aromatic amines is 1. The average Bonchev–Trinajstić information content (AvgIpc) is 3.32. The summed E-state index contributed by atoms with van der Waals surface area (Å²) in [5.41, 5.74) is 3.81. The number of aryl methyl sites for hydroxylation is 1. The van der Waals surface area contributed by atoms with Gasteiger partial charge in [-0.15, -0.1) is 0 Å². The van der Waals surface area contributed by atoms with Crippen molar-refractivity contribution in [1.29, 1.82) is 5.26 Å². The van der Waals surface area contributed by atoms with Crippen LogP contribution >= 0.6 is 0 Å². The second kappa shape index (κ2) is 6.62. The molecule has 0 aromatic carbocycles. The summed E-state index contributed by atoms with van der Waals surface area (Å²) in [6.45, 7) is 1.83. The van der Waals surface area contributed by atoms with E-state index in [-0.39, 0.29) is 6.10 Å². The smallest absolute Gasteiger partial charge is 0.183 e. The first-order chi connectivity index (χ1) is 13.7. The second-order valence-corrected chi connectivity index (χ2v) is 7.05. The van der Waals surface area contributed by atoms with E-state index in [0.717, 1.165) is 59.0 Å². The maximum absolute atomic E-state index is 9.61. The SMILES string of the molecule is Cn1cc(-c2cnc3[nH]c4cnc(C#N)c(OC5CCNCC5)c4c3c2)cn1. The van der Waals surface area contributed by atoms with Gasteiger partial charge in [0.1, 0.15) is 17.8 Å². The van der Waals surface area contributed by atoms with E-state index in [1.54, 1.807) is 10.9 Å². The van der Waals surface area contributed by atoms with E-state index in [1.807, 2.05) is 25.6 Å². The summed E-state index contributed by atoms with van der Waals surface area (Å²) in [6, 6.07) is 4.25. The highest BCUT2D eigenvalue weighted by Crippen LogP contribution is 2.36. The fraction of sp³-hybridized carbons (Fsp3) is 0.300. The summed E-state index contributed by atoms with van der Waals surface area (Å²) in [5, 5.41) is 19.0. The first-order valence-electron chi connectivity index (χ1n) is 9.30. The van der Waals surface area contributed by atoms with Crippen LogP contribution in [0.25, 0.3) is 33.1 Å².